The Kier molecular flexibility index (Phi) is 7.86. The molecule has 4 unspecified atom stereocenters. The number of nitrogens with zero attached hydrogens (tertiary/aromatic N) is 3. The second kappa shape index (κ2) is 11.9. The minimum Gasteiger partial charge on any atom is -0.366 e. The lowest BCUT2D eigenvalue weighted by Gasteiger charge is -2.45. The average Bonchev–Trinajstić information content (AvgIpc) is 3.66. The minimum atomic E-state index is -0.918. The van der Waals surface area contributed by atoms with E-state index in [1.807, 2.05) is 59.2 Å². The van der Waals surface area contributed by atoms with Crippen LogP contribution in [0.5, 0.6) is 0 Å². The van der Waals surface area contributed by atoms with E-state index in [1.54, 1.807) is 0 Å². The number of carbonyl (C=O) groups is 1. The number of aliphatic hydroxyl groups excluding tert-OH is 1. The maximum atomic E-state index is 14.2. The van der Waals surface area contributed by atoms with Gasteiger partial charge >= 0.3 is 0 Å². The van der Waals surface area contributed by atoms with Gasteiger partial charge in [-0.2, -0.15) is 0 Å². The summed E-state index contributed by atoms with van der Waals surface area (Å²) in [7, 11) is 0. The van der Waals surface area contributed by atoms with Crippen molar-refractivity contribution in [1.29, 1.82) is 0 Å². The lowest BCUT2D eigenvalue weighted by atomic mass is 9.89. The van der Waals surface area contributed by atoms with Crippen LogP contribution in [0.25, 0.3) is 11.0 Å². The number of ether oxygens (including phenoxy) is 1. The molecule has 7 rings (SSSR count). The topological polar surface area (TPSA) is 100.0 Å². The van der Waals surface area contributed by atoms with Gasteiger partial charge in [0, 0.05) is 24.2 Å². The largest absolute Gasteiger partial charge is 0.366 e. The van der Waals surface area contributed by atoms with E-state index in [9.17, 15) is 14.7 Å². The van der Waals surface area contributed by atoms with Crippen molar-refractivity contribution in [3.05, 3.63) is 76.2 Å². The molecule has 42 heavy (non-hydrogen) atoms. The molecule has 8 heteroatoms. The van der Waals surface area contributed by atoms with Crippen LogP contribution in [0.2, 0.25) is 0 Å². The van der Waals surface area contributed by atoms with Crippen LogP contribution in [0, 0.1) is 0 Å². The third kappa shape index (κ3) is 5.52. The van der Waals surface area contributed by atoms with Gasteiger partial charge in [0.1, 0.15) is 6.10 Å². The molecule has 4 heterocycles. The molecule has 2 aromatic carbocycles. The molecule has 3 aromatic rings. The van der Waals surface area contributed by atoms with E-state index in [1.165, 1.54) is 57.8 Å². The average molecular weight is 571 g/mol. The first-order chi connectivity index (χ1) is 20.6. The lowest BCUT2D eigenvalue weighted by Crippen LogP contribution is -2.50. The van der Waals surface area contributed by atoms with Gasteiger partial charge in [-0.05, 0) is 62.6 Å². The minimum absolute atomic E-state index is 0.0351. The van der Waals surface area contributed by atoms with E-state index in [4.69, 9.17) is 4.74 Å². The highest BCUT2D eigenvalue weighted by atomic mass is 16.7. The Morgan fingerprint density at radius 2 is 1.52 bits per heavy atom. The molecule has 1 aromatic heterocycles. The monoisotopic (exact) mass is 570 g/mol. The number of fused-ring (bicyclic) bond motifs is 3. The molecule has 8 nitrogen and oxygen atoms in total. The van der Waals surface area contributed by atoms with Crippen molar-refractivity contribution in [2.24, 2.45) is 0 Å². The molecule has 4 fully saturated rings. The van der Waals surface area contributed by atoms with Crippen molar-refractivity contribution in [3.63, 3.8) is 0 Å². The normalized spacial score (nSPS) is 29.1. The van der Waals surface area contributed by atoms with E-state index in [-0.39, 0.29) is 17.3 Å². The summed E-state index contributed by atoms with van der Waals surface area (Å²) in [6.07, 6.45) is 12.6. The van der Waals surface area contributed by atoms with E-state index in [0.29, 0.717) is 30.1 Å². The van der Waals surface area contributed by atoms with Gasteiger partial charge in [0.25, 0.3) is 11.5 Å². The zero-order valence-corrected chi connectivity index (χ0v) is 24.2. The molecule has 3 aliphatic heterocycles. The van der Waals surface area contributed by atoms with Crippen LogP contribution in [0.4, 0.5) is 0 Å². The summed E-state index contributed by atoms with van der Waals surface area (Å²) < 4.78 is 7.23. The predicted octanol–water partition coefficient (Wildman–Crippen LogP) is 4.74. The maximum Gasteiger partial charge on any atom is 0.282 e. The molecule has 0 spiro atoms. The van der Waals surface area contributed by atoms with Crippen LogP contribution in [0.3, 0.4) is 0 Å². The van der Waals surface area contributed by atoms with Gasteiger partial charge in [0.05, 0.1) is 17.1 Å². The zero-order valence-electron chi connectivity index (χ0n) is 24.2. The summed E-state index contributed by atoms with van der Waals surface area (Å²) in [5, 5.41) is 13.0. The van der Waals surface area contributed by atoms with Gasteiger partial charge in [-0.3, -0.25) is 14.5 Å². The number of epoxide rings is 1. The molecule has 6 atom stereocenters. The summed E-state index contributed by atoms with van der Waals surface area (Å²) >= 11 is 0. The van der Waals surface area contributed by atoms with Crippen molar-refractivity contribution in [1.82, 2.24) is 19.8 Å². The molecular weight excluding hydrogens is 528 g/mol. The lowest BCUT2D eigenvalue weighted by molar-refractivity contribution is 0.0497. The third-order valence-electron chi connectivity index (χ3n) is 10.1. The van der Waals surface area contributed by atoms with Crippen molar-refractivity contribution in [2.75, 3.05) is 0 Å². The third-order valence-corrected chi connectivity index (χ3v) is 10.1. The van der Waals surface area contributed by atoms with Crippen molar-refractivity contribution >= 4 is 16.9 Å². The van der Waals surface area contributed by atoms with Crippen molar-refractivity contribution in [2.45, 2.75) is 120 Å². The van der Waals surface area contributed by atoms with Crippen molar-refractivity contribution < 1.29 is 14.6 Å². The molecule has 2 N–H and O–H groups in total. The molecule has 3 saturated heterocycles. The summed E-state index contributed by atoms with van der Waals surface area (Å²) in [6, 6.07) is 18.7. The van der Waals surface area contributed by atoms with Gasteiger partial charge < -0.3 is 19.7 Å². The Labute approximate surface area is 247 Å². The maximum absolute atomic E-state index is 14.2. The highest BCUT2D eigenvalue weighted by molar-refractivity contribution is 5.94. The number of nitrogens with one attached hydrogen (secondary N) is 1. The Morgan fingerprint density at radius 3 is 2.21 bits per heavy atom. The summed E-state index contributed by atoms with van der Waals surface area (Å²) in [4.78, 5) is 35.3. The van der Waals surface area contributed by atoms with Gasteiger partial charge in [-0.25, -0.2) is 4.98 Å². The Balaban J connectivity index is 1.17. The molecule has 0 radical (unpaired) electrons. The standard InChI is InChI=1S/C34H42N4O4/c39-32(36-28(31-34(41)42-31)19-22-11-5-4-6-12-22)30-33(40)38(29-16-10-9-15-27(29)35-30)26-20-24-17-18-25(21-26)37(24)23-13-7-2-1-3-8-14-23/h4-6,9-12,15-16,23-26,28,31,34,41H,1-3,7-8,13-14,17-21H2,(H,36,39)/t24-,25+,26?,28?,31?,34?. The fourth-order valence-electron chi connectivity index (χ4n) is 8.15. The number of para-hydroxylation sites is 2. The number of rotatable bonds is 7. The van der Waals surface area contributed by atoms with Crippen LogP contribution in [0.1, 0.15) is 92.7 Å². The number of benzene rings is 2. The smallest absolute Gasteiger partial charge is 0.282 e. The quantitative estimate of drug-likeness (QED) is 0.398. The zero-order chi connectivity index (χ0) is 28.6. The second-order valence-electron chi connectivity index (χ2n) is 12.8. The predicted molar refractivity (Wildman–Crippen MR) is 161 cm³/mol. The fraction of sp³-hybridized carbons (Fsp3) is 0.559. The van der Waals surface area contributed by atoms with E-state index >= 15 is 0 Å². The summed E-state index contributed by atoms with van der Waals surface area (Å²) in [5.74, 6) is -0.516. The van der Waals surface area contributed by atoms with Crippen LogP contribution in [0.15, 0.2) is 59.4 Å². The molecular formula is C34H42N4O4. The number of amides is 1. The highest BCUT2D eigenvalue weighted by Gasteiger charge is 2.46. The Morgan fingerprint density at radius 1 is 0.881 bits per heavy atom. The first-order valence-electron chi connectivity index (χ1n) is 16.0. The number of piperidine rings is 1. The summed E-state index contributed by atoms with van der Waals surface area (Å²) in [6.45, 7) is 0. The highest BCUT2D eigenvalue weighted by Crippen LogP contribution is 2.44. The summed E-state index contributed by atoms with van der Waals surface area (Å²) in [5.41, 5.74) is 2.05. The fourth-order valence-corrected chi connectivity index (χ4v) is 8.15. The van der Waals surface area contributed by atoms with E-state index in [0.717, 1.165) is 23.9 Å². The molecule has 222 valence electrons. The van der Waals surface area contributed by atoms with Crippen LogP contribution in [-0.2, 0) is 11.2 Å². The van der Waals surface area contributed by atoms with Crippen LogP contribution < -0.4 is 10.9 Å². The Hall–Kier alpha value is -3.07. The number of carbonyl (C=O) groups excluding carboxylic acids is 1. The SMILES string of the molecule is O=C(NC(Cc1ccccc1)C1OC1O)c1nc2ccccc2n(C2C[C@H]3CC[C@@H](C2)N3C2CCCCCCC2)c1=O. The first-order valence-corrected chi connectivity index (χ1v) is 16.0. The van der Waals surface area contributed by atoms with Crippen LogP contribution in [-0.4, -0.2) is 62.0 Å². The number of hydrogen-bond acceptors (Lipinski definition) is 6. The molecule has 1 amide bonds. The first kappa shape index (κ1) is 27.7. The second-order valence-corrected chi connectivity index (χ2v) is 12.8. The molecule has 1 saturated carbocycles. The van der Waals surface area contributed by atoms with Gasteiger partial charge in [0.15, 0.2) is 12.0 Å². The van der Waals surface area contributed by atoms with Crippen molar-refractivity contribution in [3.8, 4) is 0 Å². The molecule has 1 aliphatic carbocycles. The number of hydrogen-bond donors (Lipinski definition) is 2. The van der Waals surface area contributed by atoms with Crippen LogP contribution >= 0.6 is 0 Å². The molecule has 2 bridgehead atoms. The van der Waals surface area contributed by atoms with E-state index in [2.05, 4.69) is 15.2 Å². The molecule has 4 aliphatic rings. The number of aromatic nitrogens is 2. The van der Waals surface area contributed by atoms with E-state index < -0.39 is 24.3 Å². The van der Waals surface area contributed by atoms with Gasteiger partial charge in [0.2, 0.25) is 0 Å². The van der Waals surface area contributed by atoms with Gasteiger partial charge in [-0.1, -0.05) is 74.6 Å². The van der Waals surface area contributed by atoms with Gasteiger partial charge in [-0.15, -0.1) is 0 Å². The number of aliphatic hydroxyl groups is 1. The Bertz CT molecular complexity index is 1450.